The van der Waals surface area contributed by atoms with Crippen LogP contribution >= 0.6 is 0 Å². The van der Waals surface area contributed by atoms with Crippen molar-refractivity contribution in [1.82, 2.24) is 24.6 Å². The summed E-state index contributed by atoms with van der Waals surface area (Å²) in [6.45, 7) is 2.00. The maximum absolute atomic E-state index is 4.93. The van der Waals surface area contributed by atoms with Crippen LogP contribution in [0.25, 0.3) is 17.0 Å². The van der Waals surface area contributed by atoms with E-state index >= 15 is 0 Å². The Labute approximate surface area is 103 Å². The molecule has 0 aliphatic carbocycles. The molecule has 0 bridgehead atoms. The Morgan fingerprint density at radius 3 is 2.61 bits per heavy atom. The molecule has 0 saturated heterocycles. The lowest BCUT2D eigenvalue weighted by atomic mass is 10.3. The Morgan fingerprint density at radius 1 is 1.11 bits per heavy atom. The van der Waals surface area contributed by atoms with Crippen molar-refractivity contribution in [3.05, 3.63) is 36.3 Å². The van der Waals surface area contributed by atoms with Crippen molar-refractivity contribution >= 4 is 5.65 Å². The van der Waals surface area contributed by atoms with Crippen molar-refractivity contribution in [2.45, 2.75) is 6.92 Å². The maximum Gasteiger partial charge on any atom is 0.316 e. The van der Waals surface area contributed by atoms with Gasteiger partial charge in [-0.2, -0.15) is 0 Å². The van der Waals surface area contributed by atoms with E-state index in [9.17, 15) is 0 Å². The van der Waals surface area contributed by atoms with Gasteiger partial charge in [0, 0.05) is 18.1 Å². The highest BCUT2D eigenvalue weighted by atomic mass is 16.5. The minimum atomic E-state index is 0.337. The van der Waals surface area contributed by atoms with Gasteiger partial charge in [-0.3, -0.25) is 4.40 Å². The first-order valence-electron chi connectivity index (χ1n) is 5.47. The second kappa shape index (κ2) is 4.06. The van der Waals surface area contributed by atoms with Crippen molar-refractivity contribution in [3.63, 3.8) is 0 Å². The van der Waals surface area contributed by atoms with Gasteiger partial charge >= 0.3 is 6.01 Å². The van der Waals surface area contributed by atoms with Gasteiger partial charge in [-0.05, 0) is 19.1 Å². The number of fused-ring (bicyclic) bond motifs is 1. The van der Waals surface area contributed by atoms with Crippen LogP contribution < -0.4 is 4.74 Å². The number of methoxy groups -OCH3 is 1. The van der Waals surface area contributed by atoms with Crippen molar-refractivity contribution in [1.29, 1.82) is 0 Å². The van der Waals surface area contributed by atoms with Crippen LogP contribution in [-0.4, -0.2) is 31.7 Å². The molecule has 3 aromatic rings. The quantitative estimate of drug-likeness (QED) is 0.680. The van der Waals surface area contributed by atoms with E-state index in [0.717, 1.165) is 22.7 Å². The largest absolute Gasteiger partial charge is 0.467 e. The van der Waals surface area contributed by atoms with E-state index < -0.39 is 0 Å². The summed E-state index contributed by atoms with van der Waals surface area (Å²) in [5, 5.41) is 8.30. The number of nitrogens with zero attached hydrogens (tertiary/aromatic N) is 5. The summed E-state index contributed by atoms with van der Waals surface area (Å²) < 4.78 is 6.90. The highest BCUT2D eigenvalue weighted by Gasteiger charge is 2.10. The van der Waals surface area contributed by atoms with Crippen molar-refractivity contribution < 1.29 is 4.74 Å². The molecule has 0 spiro atoms. The fraction of sp³-hybridized carbons (Fsp3) is 0.167. The molecule has 90 valence electrons. The predicted molar refractivity (Wildman–Crippen MR) is 65.3 cm³/mol. The molecule has 0 unspecified atom stereocenters. The lowest BCUT2D eigenvalue weighted by Gasteiger charge is -2.03. The summed E-state index contributed by atoms with van der Waals surface area (Å²) in [7, 11) is 1.53. The third-order valence-electron chi connectivity index (χ3n) is 2.69. The van der Waals surface area contributed by atoms with E-state index in [0.29, 0.717) is 6.01 Å². The highest BCUT2D eigenvalue weighted by molar-refractivity contribution is 5.58. The topological polar surface area (TPSA) is 65.2 Å². The number of rotatable bonds is 2. The van der Waals surface area contributed by atoms with Crippen molar-refractivity contribution in [2.24, 2.45) is 0 Å². The molecule has 0 atom stereocenters. The molecule has 0 amide bonds. The fourth-order valence-corrected chi connectivity index (χ4v) is 1.82. The Bertz CT molecular complexity index is 689. The molecule has 6 nitrogen and oxygen atoms in total. The Kier molecular flexibility index (Phi) is 2.40. The molecule has 6 heteroatoms. The summed E-state index contributed by atoms with van der Waals surface area (Å²) in [5.74, 6) is 0.728. The molecule has 3 heterocycles. The second-order valence-electron chi connectivity index (χ2n) is 3.84. The summed E-state index contributed by atoms with van der Waals surface area (Å²) in [6.07, 6.45) is 3.35. The first-order chi connectivity index (χ1) is 8.79. The SMILES string of the molecule is COc1ncc(-c2nnc3cccc(C)n23)cn1. The van der Waals surface area contributed by atoms with Crippen LogP contribution in [0.5, 0.6) is 6.01 Å². The Morgan fingerprint density at radius 2 is 1.89 bits per heavy atom. The molecule has 0 radical (unpaired) electrons. The third-order valence-corrected chi connectivity index (χ3v) is 2.69. The van der Waals surface area contributed by atoms with Crippen LogP contribution in [0.1, 0.15) is 5.69 Å². The van der Waals surface area contributed by atoms with Gasteiger partial charge in [0.1, 0.15) is 0 Å². The van der Waals surface area contributed by atoms with E-state index in [1.807, 2.05) is 29.5 Å². The van der Waals surface area contributed by atoms with E-state index in [4.69, 9.17) is 4.74 Å². The van der Waals surface area contributed by atoms with Gasteiger partial charge in [0.25, 0.3) is 0 Å². The molecule has 0 aliphatic heterocycles. The minimum absolute atomic E-state index is 0.337. The van der Waals surface area contributed by atoms with Gasteiger partial charge in [-0.25, -0.2) is 9.97 Å². The maximum atomic E-state index is 4.93. The molecule has 0 fully saturated rings. The standard InChI is InChI=1S/C12H11N5O/c1-8-4-3-5-10-15-16-11(17(8)10)9-6-13-12(18-2)14-7-9/h3-7H,1-2H3. The van der Waals surface area contributed by atoms with Gasteiger partial charge in [0.05, 0.1) is 12.7 Å². The molecular weight excluding hydrogens is 230 g/mol. The molecule has 0 aromatic carbocycles. The third kappa shape index (κ3) is 1.58. The van der Waals surface area contributed by atoms with Crippen LogP contribution in [0, 0.1) is 6.92 Å². The van der Waals surface area contributed by atoms with Crippen LogP contribution in [0.3, 0.4) is 0 Å². The molecule has 3 rings (SSSR count). The molecule has 3 aromatic heterocycles. The van der Waals surface area contributed by atoms with E-state index in [2.05, 4.69) is 20.2 Å². The second-order valence-corrected chi connectivity index (χ2v) is 3.84. The first kappa shape index (κ1) is 10.6. The highest BCUT2D eigenvalue weighted by Crippen LogP contribution is 2.19. The number of hydrogen-bond acceptors (Lipinski definition) is 5. The number of aromatic nitrogens is 5. The lowest BCUT2D eigenvalue weighted by Crippen LogP contribution is -1.96. The zero-order chi connectivity index (χ0) is 12.5. The molecular formula is C12H11N5O. The minimum Gasteiger partial charge on any atom is -0.467 e. The average Bonchev–Trinajstić information content (AvgIpc) is 2.84. The zero-order valence-electron chi connectivity index (χ0n) is 10.0. The monoisotopic (exact) mass is 241 g/mol. The van der Waals surface area contributed by atoms with E-state index in [1.165, 1.54) is 7.11 Å². The summed E-state index contributed by atoms with van der Waals surface area (Å²) in [5.41, 5.74) is 2.67. The Balaban J connectivity index is 2.18. The predicted octanol–water partition coefficient (Wildman–Crippen LogP) is 1.50. The summed E-state index contributed by atoms with van der Waals surface area (Å²) >= 11 is 0. The summed E-state index contributed by atoms with van der Waals surface area (Å²) in [4.78, 5) is 8.15. The van der Waals surface area contributed by atoms with Crippen molar-refractivity contribution in [3.8, 4) is 17.4 Å². The van der Waals surface area contributed by atoms with Crippen molar-refractivity contribution in [2.75, 3.05) is 7.11 Å². The molecule has 0 aliphatic rings. The van der Waals surface area contributed by atoms with Gasteiger partial charge < -0.3 is 4.74 Å². The number of ether oxygens (including phenoxy) is 1. The Hall–Kier alpha value is -2.50. The molecule has 0 N–H and O–H groups in total. The molecule has 18 heavy (non-hydrogen) atoms. The van der Waals surface area contributed by atoms with Gasteiger partial charge in [-0.15, -0.1) is 10.2 Å². The molecule has 0 saturated carbocycles. The average molecular weight is 241 g/mol. The van der Waals surface area contributed by atoms with Gasteiger partial charge in [-0.1, -0.05) is 6.07 Å². The van der Waals surface area contributed by atoms with Gasteiger partial charge in [0.2, 0.25) is 0 Å². The van der Waals surface area contributed by atoms with Crippen LogP contribution in [0.4, 0.5) is 0 Å². The number of aryl methyl sites for hydroxylation is 1. The fourth-order valence-electron chi connectivity index (χ4n) is 1.82. The number of pyridine rings is 1. The first-order valence-corrected chi connectivity index (χ1v) is 5.47. The summed E-state index contributed by atoms with van der Waals surface area (Å²) in [6, 6.07) is 6.20. The van der Waals surface area contributed by atoms with Crippen LogP contribution in [-0.2, 0) is 0 Å². The smallest absolute Gasteiger partial charge is 0.316 e. The lowest BCUT2D eigenvalue weighted by molar-refractivity contribution is 0.380. The van der Waals surface area contributed by atoms with E-state index in [1.54, 1.807) is 12.4 Å². The van der Waals surface area contributed by atoms with Gasteiger partial charge in [0.15, 0.2) is 11.5 Å². The van der Waals surface area contributed by atoms with E-state index in [-0.39, 0.29) is 0 Å². The normalized spacial score (nSPS) is 10.8. The van der Waals surface area contributed by atoms with Crippen LogP contribution in [0.15, 0.2) is 30.6 Å². The van der Waals surface area contributed by atoms with Crippen LogP contribution in [0.2, 0.25) is 0 Å². The zero-order valence-corrected chi connectivity index (χ0v) is 10.0. The number of hydrogen-bond donors (Lipinski definition) is 0.